The number of anilines is 1. The molecular formula is C20H21ClN2O5. The van der Waals surface area contributed by atoms with Gasteiger partial charge in [-0.05, 0) is 42.8 Å². The van der Waals surface area contributed by atoms with Crippen molar-refractivity contribution in [3.63, 3.8) is 0 Å². The van der Waals surface area contributed by atoms with E-state index in [-0.39, 0.29) is 6.42 Å². The van der Waals surface area contributed by atoms with E-state index >= 15 is 0 Å². The van der Waals surface area contributed by atoms with Crippen LogP contribution in [-0.2, 0) is 19.1 Å². The molecule has 0 aliphatic rings. The molecular weight excluding hydrogens is 384 g/mol. The highest BCUT2D eigenvalue weighted by Crippen LogP contribution is 2.25. The summed E-state index contributed by atoms with van der Waals surface area (Å²) in [5.41, 5.74) is 0.947. The summed E-state index contributed by atoms with van der Waals surface area (Å²) in [5.74, 6) is -1.66. The summed E-state index contributed by atoms with van der Waals surface area (Å²) in [6.07, 6.45) is -0.164. The Hall–Kier alpha value is -3.06. The first-order valence-electron chi connectivity index (χ1n) is 8.60. The predicted molar refractivity (Wildman–Crippen MR) is 105 cm³/mol. The van der Waals surface area contributed by atoms with Crippen molar-refractivity contribution in [2.75, 3.05) is 19.0 Å². The third kappa shape index (κ3) is 5.99. The second-order valence-electron chi connectivity index (χ2n) is 5.74. The molecule has 0 aliphatic carbocycles. The molecule has 2 aromatic rings. The van der Waals surface area contributed by atoms with Crippen molar-refractivity contribution in [3.05, 3.63) is 59.1 Å². The molecule has 0 aliphatic heterocycles. The highest BCUT2D eigenvalue weighted by atomic mass is 35.5. The number of methoxy groups -OCH3 is 1. The minimum Gasteiger partial charge on any atom is -0.494 e. The van der Waals surface area contributed by atoms with Gasteiger partial charge in [0.2, 0.25) is 0 Å². The van der Waals surface area contributed by atoms with Crippen LogP contribution in [0.1, 0.15) is 24.9 Å². The number of ether oxygens (including phenoxy) is 2. The van der Waals surface area contributed by atoms with Crippen LogP contribution in [0.2, 0.25) is 5.02 Å². The Morgan fingerprint density at radius 1 is 1.04 bits per heavy atom. The Balaban J connectivity index is 2.08. The van der Waals surface area contributed by atoms with Gasteiger partial charge in [0.25, 0.3) is 0 Å². The van der Waals surface area contributed by atoms with Crippen molar-refractivity contribution in [1.82, 2.24) is 5.32 Å². The number of hydrogen-bond acceptors (Lipinski definition) is 5. The van der Waals surface area contributed by atoms with Crippen LogP contribution >= 0.6 is 11.6 Å². The van der Waals surface area contributed by atoms with E-state index < -0.39 is 23.8 Å². The lowest BCUT2D eigenvalue weighted by atomic mass is 10.0. The summed E-state index contributed by atoms with van der Waals surface area (Å²) in [5, 5.41) is 5.39. The standard InChI is InChI=1S/C20H21ClN2O5/c1-3-28-14-10-8-13(9-11-14)22-19(25)20(26)23-17(12-18(24)27-2)15-6-4-5-7-16(15)21/h4-11,17H,3,12H2,1-2H3,(H,22,25)(H,23,26). The van der Waals surface area contributed by atoms with Crippen molar-refractivity contribution in [2.45, 2.75) is 19.4 Å². The molecule has 0 aromatic heterocycles. The average molecular weight is 405 g/mol. The fourth-order valence-electron chi connectivity index (χ4n) is 2.46. The number of nitrogens with one attached hydrogen (secondary N) is 2. The lowest BCUT2D eigenvalue weighted by Gasteiger charge is -2.19. The van der Waals surface area contributed by atoms with Crippen LogP contribution in [0.15, 0.2) is 48.5 Å². The van der Waals surface area contributed by atoms with E-state index in [0.29, 0.717) is 28.6 Å². The zero-order chi connectivity index (χ0) is 20.5. The normalized spacial score (nSPS) is 11.2. The van der Waals surface area contributed by atoms with Crippen LogP contribution in [0.5, 0.6) is 5.75 Å². The topological polar surface area (TPSA) is 93.7 Å². The lowest BCUT2D eigenvalue weighted by Crippen LogP contribution is -2.38. The monoisotopic (exact) mass is 404 g/mol. The molecule has 1 unspecified atom stereocenters. The SMILES string of the molecule is CCOc1ccc(NC(=O)C(=O)NC(CC(=O)OC)c2ccccc2Cl)cc1. The highest BCUT2D eigenvalue weighted by Gasteiger charge is 2.24. The Kier molecular flexibility index (Phi) is 7.83. The number of esters is 1. The van der Waals surface area contributed by atoms with Gasteiger partial charge in [-0.15, -0.1) is 0 Å². The van der Waals surface area contributed by atoms with Crippen LogP contribution < -0.4 is 15.4 Å². The number of halogens is 1. The van der Waals surface area contributed by atoms with Crippen molar-refractivity contribution < 1.29 is 23.9 Å². The summed E-state index contributed by atoms with van der Waals surface area (Å²) in [4.78, 5) is 36.3. The molecule has 2 rings (SSSR count). The van der Waals surface area contributed by atoms with Crippen LogP contribution in [0.3, 0.4) is 0 Å². The Morgan fingerprint density at radius 3 is 2.32 bits per heavy atom. The zero-order valence-electron chi connectivity index (χ0n) is 15.5. The van der Waals surface area contributed by atoms with E-state index in [1.807, 2.05) is 6.92 Å². The molecule has 0 bridgehead atoms. The molecule has 2 aromatic carbocycles. The summed E-state index contributed by atoms with van der Waals surface area (Å²) in [6, 6.07) is 12.5. The third-order valence-electron chi connectivity index (χ3n) is 3.81. The first-order valence-corrected chi connectivity index (χ1v) is 8.98. The second kappa shape index (κ2) is 10.3. The quantitative estimate of drug-likeness (QED) is 0.546. The molecule has 28 heavy (non-hydrogen) atoms. The minimum absolute atomic E-state index is 0.164. The molecule has 2 N–H and O–H groups in total. The van der Waals surface area contributed by atoms with Crippen LogP contribution in [0.25, 0.3) is 0 Å². The summed E-state index contributed by atoms with van der Waals surface area (Å²) in [6.45, 7) is 2.39. The predicted octanol–water partition coefficient (Wildman–Crippen LogP) is 3.10. The van der Waals surface area contributed by atoms with Crippen molar-refractivity contribution >= 4 is 35.1 Å². The Morgan fingerprint density at radius 2 is 1.71 bits per heavy atom. The molecule has 8 heteroatoms. The van der Waals surface area contributed by atoms with Gasteiger partial charge in [0, 0.05) is 10.7 Å². The molecule has 0 radical (unpaired) electrons. The first kappa shape index (κ1) is 21.2. The smallest absolute Gasteiger partial charge is 0.313 e. The molecule has 0 heterocycles. The number of benzene rings is 2. The molecule has 0 spiro atoms. The lowest BCUT2D eigenvalue weighted by molar-refractivity contribution is -0.142. The number of carbonyl (C=O) groups is 3. The maximum Gasteiger partial charge on any atom is 0.313 e. The molecule has 148 valence electrons. The number of hydrogen-bond donors (Lipinski definition) is 2. The third-order valence-corrected chi connectivity index (χ3v) is 4.16. The number of amides is 2. The van der Waals surface area contributed by atoms with E-state index in [1.54, 1.807) is 48.5 Å². The van der Waals surface area contributed by atoms with E-state index in [4.69, 9.17) is 16.3 Å². The van der Waals surface area contributed by atoms with Crippen LogP contribution in [0.4, 0.5) is 5.69 Å². The fraction of sp³-hybridized carbons (Fsp3) is 0.250. The first-order chi connectivity index (χ1) is 13.4. The number of carbonyl (C=O) groups excluding carboxylic acids is 3. The van der Waals surface area contributed by atoms with Gasteiger partial charge in [0.15, 0.2) is 0 Å². The zero-order valence-corrected chi connectivity index (χ0v) is 16.3. The van der Waals surface area contributed by atoms with Gasteiger partial charge in [-0.1, -0.05) is 29.8 Å². The average Bonchev–Trinajstić information content (AvgIpc) is 2.69. The summed E-state index contributed by atoms with van der Waals surface area (Å²) >= 11 is 6.16. The Labute approximate surface area is 168 Å². The second-order valence-corrected chi connectivity index (χ2v) is 6.15. The maximum atomic E-state index is 12.3. The maximum absolute atomic E-state index is 12.3. The van der Waals surface area contributed by atoms with Crippen LogP contribution in [0, 0.1) is 0 Å². The highest BCUT2D eigenvalue weighted by molar-refractivity contribution is 6.39. The molecule has 0 fully saturated rings. The van der Waals surface area contributed by atoms with Crippen molar-refractivity contribution in [1.29, 1.82) is 0 Å². The van der Waals surface area contributed by atoms with E-state index in [2.05, 4.69) is 15.4 Å². The minimum atomic E-state index is -0.900. The van der Waals surface area contributed by atoms with Gasteiger partial charge < -0.3 is 20.1 Å². The molecule has 0 saturated carbocycles. The van der Waals surface area contributed by atoms with E-state index in [1.165, 1.54) is 7.11 Å². The largest absolute Gasteiger partial charge is 0.494 e. The summed E-state index contributed by atoms with van der Waals surface area (Å²) < 4.78 is 9.99. The Bertz CT molecular complexity index is 839. The fourth-order valence-corrected chi connectivity index (χ4v) is 2.73. The van der Waals surface area contributed by atoms with Gasteiger partial charge in [0.05, 0.1) is 26.2 Å². The summed E-state index contributed by atoms with van der Waals surface area (Å²) in [7, 11) is 1.24. The molecule has 7 nitrogen and oxygen atoms in total. The van der Waals surface area contributed by atoms with Gasteiger partial charge in [-0.2, -0.15) is 0 Å². The molecule has 0 saturated heterocycles. The molecule has 2 amide bonds. The van der Waals surface area contributed by atoms with Crippen molar-refractivity contribution in [3.8, 4) is 5.75 Å². The van der Waals surface area contributed by atoms with E-state index in [0.717, 1.165) is 0 Å². The molecule has 1 atom stereocenters. The van der Waals surface area contributed by atoms with Gasteiger partial charge >= 0.3 is 17.8 Å². The van der Waals surface area contributed by atoms with Gasteiger partial charge in [-0.25, -0.2) is 0 Å². The van der Waals surface area contributed by atoms with Gasteiger partial charge in [-0.3, -0.25) is 14.4 Å². The van der Waals surface area contributed by atoms with Crippen LogP contribution in [-0.4, -0.2) is 31.5 Å². The van der Waals surface area contributed by atoms with Crippen molar-refractivity contribution in [2.24, 2.45) is 0 Å². The van der Waals surface area contributed by atoms with Gasteiger partial charge in [0.1, 0.15) is 5.75 Å². The van der Waals surface area contributed by atoms with E-state index in [9.17, 15) is 14.4 Å². The number of rotatable bonds is 7.